The Kier molecular flexibility index (Phi) is 4.78. The van der Waals surface area contributed by atoms with Gasteiger partial charge in [-0.25, -0.2) is 4.98 Å². The third-order valence-electron chi connectivity index (χ3n) is 5.74. The summed E-state index contributed by atoms with van der Waals surface area (Å²) in [5, 5.41) is 11.6. The predicted octanol–water partition coefficient (Wildman–Crippen LogP) is 4.37. The third kappa shape index (κ3) is 3.47. The fourth-order valence-corrected chi connectivity index (χ4v) is 4.15. The highest BCUT2D eigenvalue weighted by molar-refractivity contribution is 5.76. The van der Waals surface area contributed by atoms with Crippen molar-refractivity contribution in [2.45, 2.75) is 44.7 Å². The number of hydrogen-bond donors (Lipinski definition) is 1. The van der Waals surface area contributed by atoms with Crippen LogP contribution in [0.2, 0.25) is 0 Å². The minimum absolute atomic E-state index is 0.111. The van der Waals surface area contributed by atoms with Gasteiger partial charge in [0.15, 0.2) is 11.4 Å². The van der Waals surface area contributed by atoms with E-state index in [0.717, 1.165) is 47.3 Å². The molecule has 2 unspecified atom stereocenters. The summed E-state index contributed by atoms with van der Waals surface area (Å²) in [7, 11) is 0. The van der Waals surface area contributed by atoms with Gasteiger partial charge in [-0.3, -0.25) is 4.79 Å². The van der Waals surface area contributed by atoms with Gasteiger partial charge >= 0.3 is 0 Å². The first-order valence-corrected chi connectivity index (χ1v) is 10.4. The summed E-state index contributed by atoms with van der Waals surface area (Å²) in [6.45, 7) is 1.88. The summed E-state index contributed by atoms with van der Waals surface area (Å²) in [6, 6.07) is 16.3. The molecule has 1 aliphatic carbocycles. The largest absolute Gasteiger partial charge is 0.436 e. The van der Waals surface area contributed by atoms with Crippen LogP contribution in [0.5, 0.6) is 0 Å². The highest BCUT2D eigenvalue weighted by atomic mass is 16.3. The molecule has 7 nitrogen and oxygen atoms in total. The molecular weight excluding hydrogens is 378 g/mol. The minimum Gasteiger partial charge on any atom is -0.436 e. The average molecular weight is 401 g/mol. The molecule has 0 radical (unpaired) electrons. The van der Waals surface area contributed by atoms with Crippen LogP contribution < -0.4 is 5.32 Å². The fraction of sp³-hybridized carbons (Fsp3) is 0.304. The molecule has 1 fully saturated rings. The van der Waals surface area contributed by atoms with Crippen molar-refractivity contribution in [2.75, 3.05) is 0 Å². The minimum atomic E-state index is 0.111. The maximum atomic E-state index is 11.7. The van der Waals surface area contributed by atoms with E-state index in [0.29, 0.717) is 12.3 Å². The first-order chi connectivity index (χ1) is 14.7. The summed E-state index contributed by atoms with van der Waals surface area (Å²) in [6.07, 6.45) is 5.19. The summed E-state index contributed by atoms with van der Waals surface area (Å²) >= 11 is 0. The monoisotopic (exact) mass is 401 g/mol. The van der Waals surface area contributed by atoms with Gasteiger partial charge in [0, 0.05) is 29.6 Å². The van der Waals surface area contributed by atoms with Gasteiger partial charge in [-0.05, 0) is 43.5 Å². The molecule has 1 aliphatic rings. The van der Waals surface area contributed by atoms with Crippen LogP contribution in [0.1, 0.15) is 38.6 Å². The van der Waals surface area contributed by atoms with Crippen molar-refractivity contribution in [3.63, 3.8) is 0 Å². The van der Waals surface area contributed by atoms with Gasteiger partial charge in [0.2, 0.25) is 11.8 Å². The Labute approximate surface area is 174 Å². The third-order valence-corrected chi connectivity index (χ3v) is 5.74. The molecule has 1 saturated carbocycles. The van der Waals surface area contributed by atoms with E-state index in [1.165, 1.54) is 0 Å². The zero-order chi connectivity index (χ0) is 20.5. The van der Waals surface area contributed by atoms with Gasteiger partial charge in [0.25, 0.3) is 0 Å². The number of nitrogens with one attached hydrogen (secondary N) is 1. The van der Waals surface area contributed by atoms with Gasteiger partial charge in [0.05, 0.1) is 0 Å². The second-order valence-electron chi connectivity index (χ2n) is 7.71. The van der Waals surface area contributed by atoms with E-state index in [4.69, 9.17) is 4.42 Å². The molecule has 2 aromatic carbocycles. The van der Waals surface area contributed by atoms with E-state index < -0.39 is 0 Å². The zero-order valence-corrected chi connectivity index (χ0v) is 16.8. The molecule has 30 heavy (non-hydrogen) atoms. The average Bonchev–Trinajstić information content (AvgIpc) is 3.52. The van der Waals surface area contributed by atoms with E-state index in [1.54, 1.807) is 6.33 Å². The molecule has 7 heteroatoms. The Balaban J connectivity index is 1.36. The first kappa shape index (κ1) is 18.5. The van der Waals surface area contributed by atoms with Crippen LogP contribution >= 0.6 is 0 Å². The van der Waals surface area contributed by atoms with Gasteiger partial charge in [-0.15, -0.1) is 10.2 Å². The van der Waals surface area contributed by atoms with Crippen LogP contribution in [-0.4, -0.2) is 31.7 Å². The van der Waals surface area contributed by atoms with Crippen molar-refractivity contribution in [1.29, 1.82) is 0 Å². The Bertz CT molecular complexity index is 1140. The molecule has 5 rings (SSSR count). The SMILES string of the molecule is CCC(=O)NC1CCC(n2cnnc2-c2ccc(-c3nc4ccccc4o3)cc2)C1. The van der Waals surface area contributed by atoms with E-state index in [-0.39, 0.29) is 18.0 Å². The molecule has 1 amide bonds. The van der Waals surface area contributed by atoms with Crippen LogP contribution in [0.3, 0.4) is 0 Å². The molecule has 1 N–H and O–H groups in total. The maximum absolute atomic E-state index is 11.7. The molecule has 0 bridgehead atoms. The number of nitrogens with zero attached hydrogens (tertiary/aromatic N) is 4. The van der Waals surface area contributed by atoms with Crippen LogP contribution in [-0.2, 0) is 4.79 Å². The van der Waals surface area contributed by atoms with Crippen LogP contribution in [0.25, 0.3) is 33.9 Å². The number of para-hydroxylation sites is 2. The number of aromatic nitrogens is 4. The Morgan fingerprint density at radius 1 is 1.13 bits per heavy atom. The Morgan fingerprint density at radius 3 is 2.73 bits per heavy atom. The summed E-state index contributed by atoms with van der Waals surface area (Å²) in [4.78, 5) is 16.3. The van der Waals surface area contributed by atoms with Crippen molar-refractivity contribution < 1.29 is 9.21 Å². The van der Waals surface area contributed by atoms with Gasteiger partial charge in [-0.1, -0.05) is 31.2 Å². The van der Waals surface area contributed by atoms with Crippen LogP contribution in [0.15, 0.2) is 59.3 Å². The zero-order valence-electron chi connectivity index (χ0n) is 16.8. The van der Waals surface area contributed by atoms with E-state index >= 15 is 0 Å². The van der Waals surface area contributed by atoms with Gasteiger partial charge < -0.3 is 14.3 Å². The molecule has 4 aromatic rings. The number of amides is 1. The lowest BCUT2D eigenvalue weighted by Gasteiger charge is -2.16. The normalized spacial score (nSPS) is 18.7. The Hall–Kier alpha value is -3.48. The molecule has 2 heterocycles. The quantitative estimate of drug-likeness (QED) is 0.537. The topological polar surface area (TPSA) is 85.8 Å². The van der Waals surface area contributed by atoms with Crippen molar-refractivity contribution in [1.82, 2.24) is 25.1 Å². The van der Waals surface area contributed by atoms with Crippen molar-refractivity contribution >= 4 is 17.0 Å². The number of rotatable bonds is 5. The number of oxazole rings is 1. The smallest absolute Gasteiger partial charge is 0.227 e. The van der Waals surface area contributed by atoms with Crippen molar-refractivity contribution in [3.05, 3.63) is 54.9 Å². The molecule has 0 saturated heterocycles. The lowest BCUT2D eigenvalue weighted by Crippen LogP contribution is -2.32. The molecular formula is C23H23N5O2. The van der Waals surface area contributed by atoms with Crippen LogP contribution in [0, 0.1) is 0 Å². The van der Waals surface area contributed by atoms with E-state index in [2.05, 4.69) is 25.1 Å². The second-order valence-corrected chi connectivity index (χ2v) is 7.71. The standard InChI is InChI=1S/C23H23N5O2/c1-2-21(29)25-17-11-12-18(13-17)28-14-24-27-22(28)15-7-9-16(10-8-15)23-26-19-5-3-4-6-20(19)30-23/h3-10,14,17-18H,2,11-13H2,1H3,(H,25,29). The predicted molar refractivity (Wildman–Crippen MR) is 114 cm³/mol. The number of benzene rings is 2. The van der Waals surface area contributed by atoms with Gasteiger partial charge in [-0.2, -0.15) is 0 Å². The molecule has 0 aliphatic heterocycles. The number of fused-ring (bicyclic) bond motifs is 1. The molecule has 2 aromatic heterocycles. The van der Waals surface area contributed by atoms with Crippen molar-refractivity contribution in [2.24, 2.45) is 0 Å². The lowest BCUT2D eigenvalue weighted by atomic mass is 10.1. The first-order valence-electron chi connectivity index (χ1n) is 10.4. The number of carbonyl (C=O) groups is 1. The molecule has 152 valence electrons. The molecule has 0 spiro atoms. The fourth-order valence-electron chi connectivity index (χ4n) is 4.15. The lowest BCUT2D eigenvalue weighted by molar-refractivity contribution is -0.121. The Morgan fingerprint density at radius 2 is 1.93 bits per heavy atom. The second kappa shape index (κ2) is 7.74. The molecule has 2 atom stereocenters. The van der Waals surface area contributed by atoms with Crippen molar-refractivity contribution in [3.8, 4) is 22.8 Å². The van der Waals surface area contributed by atoms with Crippen LogP contribution in [0.4, 0.5) is 0 Å². The summed E-state index contributed by atoms with van der Waals surface area (Å²) in [5.74, 6) is 1.56. The highest BCUT2D eigenvalue weighted by Crippen LogP contribution is 2.34. The maximum Gasteiger partial charge on any atom is 0.227 e. The number of carbonyl (C=O) groups excluding carboxylic acids is 1. The summed E-state index contributed by atoms with van der Waals surface area (Å²) in [5.41, 5.74) is 3.54. The van der Waals surface area contributed by atoms with Gasteiger partial charge in [0.1, 0.15) is 11.8 Å². The van der Waals surface area contributed by atoms with E-state index in [1.807, 2.05) is 55.5 Å². The highest BCUT2D eigenvalue weighted by Gasteiger charge is 2.28. The summed E-state index contributed by atoms with van der Waals surface area (Å²) < 4.78 is 8.00. The van der Waals surface area contributed by atoms with E-state index in [9.17, 15) is 4.79 Å². The number of hydrogen-bond acceptors (Lipinski definition) is 5.